The highest BCUT2D eigenvalue weighted by Gasteiger charge is 2.16. The van der Waals surface area contributed by atoms with Crippen LogP contribution >= 0.6 is 11.3 Å². The maximum Gasteiger partial charge on any atom is 0.0547 e. The molecule has 0 aliphatic carbocycles. The van der Waals surface area contributed by atoms with Crippen LogP contribution in [0.2, 0.25) is 0 Å². The van der Waals surface area contributed by atoms with Crippen LogP contribution in [0.4, 0.5) is 0 Å². The molecule has 0 N–H and O–H groups in total. The third-order valence-electron chi connectivity index (χ3n) is 10.5. The van der Waals surface area contributed by atoms with Crippen molar-refractivity contribution in [3.63, 3.8) is 0 Å². The highest BCUT2D eigenvalue weighted by Crippen LogP contribution is 2.39. The van der Waals surface area contributed by atoms with Gasteiger partial charge in [0.05, 0.1) is 22.1 Å². The van der Waals surface area contributed by atoms with E-state index in [0.29, 0.717) is 0 Å². The minimum absolute atomic E-state index is 1.16. The molecular weight excluding hydrogens is 637 g/mol. The summed E-state index contributed by atoms with van der Waals surface area (Å²) in [5.41, 5.74) is 12.0. The molecule has 0 fully saturated rings. The quantitative estimate of drug-likeness (QED) is 0.177. The fourth-order valence-corrected chi connectivity index (χ4v) is 9.25. The third-order valence-corrected chi connectivity index (χ3v) is 11.7. The van der Waals surface area contributed by atoms with Gasteiger partial charge in [-0.05, 0) is 89.0 Å². The predicted octanol–water partition coefficient (Wildman–Crippen LogP) is 13.6. The molecule has 3 heterocycles. The maximum absolute atomic E-state index is 2.42. The van der Waals surface area contributed by atoms with Crippen molar-refractivity contribution in [1.82, 2.24) is 9.13 Å². The fraction of sp³-hybridized carbons (Fsp3) is 0. The Morgan fingerprint density at radius 2 is 0.784 bits per heavy atom. The lowest BCUT2D eigenvalue weighted by Gasteiger charge is -2.12. The Morgan fingerprint density at radius 3 is 1.49 bits per heavy atom. The van der Waals surface area contributed by atoms with Gasteiger partial charge in [-0.1, -0.05) is 115 Å². The zero-order valence-electron chi connectivity index (χ0n) is 27.6. The maximum atomic E-state index is 2.42. The Kier molecular flexibility index (Phi) is 6.16. The highest BCUT2D eigenvalue weighted by molar-refractivity contribution is 7.25. The molecule has 8 aromatic carbocycles. The van der Waals surface area contributed by atoms with Crippen LogP contribution in [0.25, 0.3) is 97.4 Å². The third kappa shape index (κ3) is 4.35. The molecule has 0 unspecified atom stereocenters. The zero-order valence-corrected chi connectivity index (χ0v) is 28.4. The van der Waals surface area contributed by atoms with Gasteiger partial charge in [-0.15, -0.1) is 11.3 Å². The Morgan fingerprint density at radius 1 is 0.275 bits per heavy atom. The molecule has 0 aliphatic rings. The zero-order chi connectivity index (χ0) is 33.5. The van der Waals surface area contributed by atoms with Crippen LogP contribution in [0, 0.1) is 0 Å². The van der Waals surface area contributed by atoms with Crippen molar-refractivity contribution in [3.05, 3.63) is 182 Å². The van der Waals surface area contributed by atoms with Gasteiger partial charge in [0.15, 0.2) is 0 Å². The standard InChI is InChI=1S/C48H30N2S/c1-6-17-44-37(12-1)38-13-2-7-18-45(38)50(44)36-11-9-10-32(28-36)34-22-26-40-39-14-3-5-16-43(39)49(46(40)30-34)35-24-20-31(21-25-35)33-23-27-48-42(29-33)41-15-4-8-19-47(41)51-48/h1-30H. The van der Waals surface area contributed by atoms with Crippen molar-refractivity contribution in [2.45, 2.75) is 0 Å². The highest BCUT2D eigenvalue weighted by atomic mass is 32.1. The van der Waals surface area contributed by atoms with E-state index in [1.54, 1.807) is 0 Å². The molecule has 0 atom stereocenters. The molecule has 0 bridgehead atoms. The summed E-state index contributed by atoms with van der Waals surface area (Å²) in [6.07, 6.45) is 0. The number of fused-ring (bicyclic) bond motifs is 9. The molecule has 0 saturated heterocycles. The van der Waals surface area contributed by atoms with Gasteiger partial charge in [0.2, 0.25) is 0 Å². The van der Waals surface area contributed by atoms with Gasteiger partial charge in [0.25, 0.3) is 0 Å². The molecule has 0 aliphatic heterocycles. The van der Waals surface area contributed by atoms with Crippen LogP contribution in [0.15, 0.2) is 182 Å². The lowest BCUT2D eigenvalue weighted by molar-refractivity contribution is 1.18. The van der Waals surface area contributed by atoms with Crippen LogP contribution in [-0.4, -0.2) is 9.13 Å². The first kappa shape index (κ1) is 28.4. The summed E-state index contributed by atoms with van der Waals surface area (Å²) >= 11 is 1.86. The summed E-state index contributed by atoms with van der Waals surface area (Å²) in [5, 5.41) is 7.72. The van der Waals surface area contributed by atoms with E-state index in [1.807, 2.05) is 11.3 Å². The Labute approximate surface area is 298 Å². The van der Waals surface area contributed by atoms with Gasteiger partial charge in [-0.2, -0.15) is 0 Å². The van der Waals surface area contributed by atoms with Gasteiger partial charge in [-0.3, -0.25) is 0 Å². The normalized spacial score (nSPS) is 11.9. The molecule has 0 radical (unpaired) electrons. The van der Waals surface area contributed by atoms with Gasteiger partial charge in [0, 0.05) is 53.1 Å². The van der Waals surface area contributed by atoms with Crippen molar-refractivity contribution in [2.75, 3.05) is 0 Å². The number of hydrogen-bond acceptors (Lipinski definition) is 1. The molecule has 0 amide bonds. The molecular formula is C48H30N2S. The first-order valence-corrected chi connectivity index (χ1v) is 18.2. The van der Waals surface area contributed by atoms with E-state index in [-0.39, 0.29) is 0 Å². The smallest absolute Gasteiger partial charge is 0.0547 e. The first-order valence-electron chi connectivity index (χ1n) is 17.4. The lowest BCUT2D eigenvalue weighted by Crippen LogP contribution is -1.95. The number of para-hydroxylation sites is 3. The Balaban J connectivity index is 1.04. The van der Waals surface area contributed by atoms with Gasteiger partial charge >= 0.3 is 0 Å². The average Bonchev–Trinajstić information content (AvgIpc) is 3.85. The van der Waals surface area contributed by atoms with Crippen LogP contribution in [0.3, 0.4) is 0 Å². The predicted molar refractivity (Wildman–Crippen MR) is 219 cm³/mol. The SMILES string of the molecule is c1cc(-c2ccc3c4ccccc4n(-c4ccc(-c5ccc6sc7ccccc7c6c5)cc4)c3c2)cc(-n2c3ccccc3c3ccccc32)c1. The van der Waals surface area contributed by atoms with Crippen molar-refractivity contribution < 1.29 is 0 Å². The number of hydrogen-bond donors (Lipinski definition) is 0. The van der Waals surface area contributed by atoms with E-state index in [4.69, 9.17) is 0 Å². The van der Waals surface area contributed by atoms with Crippen molar-refractivity contribution in [1.29, 1.82) is 0 Å². The largest absolute Gasteiger partial charge is 0.309 e. The van der Waals surface area contributed by atoms with Crippen molar-refractivity contribution >= 4 is 75.1 Å². The summed E-state index contributed by atoms with van der Waals surface area (Å²) in [6, 6.07) is 66.7. The summed E-state index contributed by atoms with van der Waals surface area (Å²) < 4.78 is 7.48. The van der Waals surface area contributed by atoms with Gasteiger partial charge < -0.3 is 9.13 Å². The molecule has 0 spiro atoms. The van der Waals surface area contributed by atoms with E-state index < -0.39 is 0 Å². The van der Waals surface area contributed by atoms with E-state index >= 15 is 0 Å². The molecule has 51 heavy (non-hydrogen) atoms. The lowest BCUT2D eigenvalue weighted by atomic mass is 10.0. The van der Waals surface area contributed by atoms with Gasteiger partial charge in [-0.25, -0.2) is 0 Å². The second kappa shape index (κ2) is 11.0. The number of aromatic nitrogens is 2. The summed E-state index contributed by atoms with van der Waals surface area (Å²) in [5.74, 6) is 0. The molecule has 11 rings (SSSR count). The Bertz CT molecular complexity index is 3080. The Hall–Kier alpha value is -6.42. The van der Waals surface area contributed by atoms with E-state index in [1.165, 1.54) is 86.0 Å². The van der Waals surface area contributed by atoms with Crippen LogP contribution in [0.5, 0.6) is 0 Å². The average molecular weight is 667 g/mol. The molecule has 11 aromatic rings. The second-order valence-corrected chi connectivity index (χ2v) is 14.4. The van der Waals surface area contributed by atoms with Crippen LogP contribution in [-0.2, 0) is 0 Å². The van der Waals surface area contributed by atoms with Crippen LogP contribution < -0.4 is 0 Å². The number of thiophene rings is 1. The summed E-state index contributed by atoms with van der Waals surface area (Å²) in [6.45, 7) is 0. The van der Waals surface area contributed by atoms with E-state index in [0.717, 1.165) is 11.4 Å². The topological polar surface area (TPSA) is 9.86 Å². The van der Waals surface area contributed by atoms with Crippen molar-refractivity contribution in [3.8, 4) is 33.6 Å². The van der Waals surface area contributed by atoms with Crippen molar-refractivity contribution in [2.24, 2.45) is 0 Å². The molecule has 3 heteroatoms. The molecule has 3 aromatic heterocycles. The number of nitrogens with zero attached hydrogens (tertiary/aromatic N) is 2. The van der Waals surface area contributed by atoms with E-state index in [9.17, 15) is 0 Å². The number of rotatable bonds is 4. The minimum Gasteiger partial charge on any atom is -0.309 e. The summed E-state index contributed by atoms with van der Waals surface area (Å²) in [4.78, 5) is 0. The van der Waals surface area contributed by atoms with E-state index in [2.05, 4.69) is 191 Å². The van der Waals surface area contributed by atoms with Gasteiger partial charge in [0.1, 0.15) is 0 Å². The first-order chi connectivity index (χ1) is 25.3. The number of benzene rings is 8. The monoisotopic (exact) mass is 666 g/mol. The molecule has 238 valence electrons. The minimum atomic E-state index is 1.16. The fourth-order valence-electron chi connectivity index (χ4n) is 8.16. The second-order valence-electron chi connectivity index (χ2n) is 13.4. The summed E-state index contributed by atoms with van der Waals surface area (Å²) in [7, 11) is 0. The molecule has 2 nitrogen and oxygen atoms in total. The van der Waals surface area contributed by atoms with Crippen LogP contribution in [0.1, 0.15) is 0 Å². The molecule has 0 saturated carbocycles.